The van der Waals surface area contributed by atoms with Crippen molar-refractivity contribution in [3.63, 3.8) is 0 Å². The normalized spacial score (nSPS) is 21.8. The maximum Gasteiger partial charge on any atom is 0.242 e. The SMILES string of the molecule is CCNC(=NCCNS(=O)(=O)c1cccnc1)NC1CCC(O)CC1. The lowest BCUT2D eigenvalue weighted by molar-refractivity contribution is 0.120. The Balaban J connectivity index is 1.82. The molecule has 0 bridgehead atoms. The highest BCUT2D eigenvalue weighted by atomic mass is 32.2. The first-order chi connectivity index (χ1) is 12.0. The Labute approximate surface area is 149 Å². The minimum Gasteiger partial charge on any atom is -0.393 e. The summed E-state index contributed by atoms with van der Waals surface area (Å²) in [7, 11) is -3.55. The number of sulfonamides is 1. The number of nitrogens with zero attached hydrogens (tertiary/aromatic N) is 2. The van der Waals surface area contributed by atoms with Crippen molar-refractivity contribution in [1.82, 2.24) is 20.3 Å². The third-order valence-corrected chi connectivity index (χ3v) is 5.45. The van der Waals surface area contributed by atoms with Gasteiger partial charge < -0.3 is 15.7 Å². The van der Waals surface area contributed by atoms with Gasteiger partial charge in [-0.05, 0) is 44.7 Å². The second kappa shape index (κ2) is 9.69. The second-order valence-corrected chi connectivity index (χ2v) is 7.76. The lowest BCUT2D eigenvalue weighted by Crippen LogP contribution is -2.45. The molecule has 1 heterocycles. The van der Waals surface area contributed by atoms with Gasteiger partial charge in [-0.25, -0.2) is 13.1 Å². The van der Waals surface area contributed by atoms with Gasteiger partial charge >= 0.3 is 0 Å². The predicted molar refractivity (Wildman–Crippen MR) is 96.8 cm³/mol. The minimum atomic E-state index is -3.55. The van der Waals surface area contributed by atoms with Crippen LogP contribution in [0.25, 0.3) is 0 Å². The summed E-state index contributed by atoms with van der Waals surface area (Å²) in [5, 5.41) is 16.1. The first-order valence-corrected chi connectivity index (χ1v) is 10.1. The predicted octanol–water partition coefficient (Wildman–Crippen LogP) is 0.219. The molecule has 1 aromatic rings. The number of hydrogen-bond acceptors (Lipinski definition) is 5. The molecule has 0 spiro atoms. The maximum atomic E-state index is 12.1. The van der Waals surface area contributed by atoms with E-state index in [9.17, 15) is 13.5 Å². The third kappa shape index (κ3) is 6.60. The molecule has 1 aliphatic carbocycles. The molecule has 2 rings (SSSR count). The zero-order chi connectivity index (χ0) is 18.1. The molecule has 1 aliphatic rings. The van der Waals surface area contributed by atoms with Crippen LogP contribution in [-0.4, -0.2) is 56.2 Å². The summed E-state index contributed by atoms with van der Waals surface area (Å²) in [6, 6.07) is 3.37. The third-order valence-electron chi connectivity index (χ3n) is 4.00. The van der Waals surface area contributed by atoms with E-state index in [0.29, 0.717) is 12.5 Å². The largest absolute Gasteiger partial charge is 0.393 e. The Hall–Kier alpha value is -1.71. The average molecular weight is 369 g/mol. The fourth-order valence-electron chi connectivity index (χ4n) is 2.67. The Bertz CT molecular complexity index is 643. The Morgan fingerprint density at radius 1 is 1.36 bits per heavy atom. The van der Waals surface area contributed by atoms with Crippen molar-refractivity contribution >= 4 is 16.0 Å². The molecule has 8 nitrogen and oxygen atoms in total. The summed E-state index contributed by atoms with van der Waals surface area (Å²) in [5.41, 5.74) is 0. The van der Waals surface area contributed by atoms with E-state index in [1.165, 1.54) is 18.5 Å². The van der Waals surface area contributed by atoms with E-state index in [4.69, 9.17) is 0 Å². The van der Waals surface area contributed by atoms with Gasteiger partial charge in [-0.15, -0.1) is 0 Å². The van der Waals surface area contributed by atoms with Gasteiger partial charge in [-0.2, -0.15) is 0 Å². The van der Waals surface area contributed by atoms with Gasteiger partial charge in [0.2, 0.25) is 10.0 Å². The zero-order valence-corrected chi connectivity index (χ0v) is 15.3. The van der Waals surface area contributed by atoms with Crippen molar-refractivity contribution in [2.45, 2.75) is 49.6 Å². The Morgan fingerprint density at radius 2 is 2.12 bits per heavy atom. The summed E-state index contributed by atoms with van der Waals surface area (Å²) in [4.78, 5) is 8.37. The van der Waals surface area contributed by atoms with Crippen LogP contribution >= 0.6 is 0 Å². The van der Waals surface area contributed by atoms with Gasteiger partial charge in [0.1, 0.15) is 4.90 Å². The average Bonchev–Trinajstić information content (AvgIpc) is 2.61. The molecular formula is C16H27N5O3S. The van der Waals surface area contributed by atoms with E-state index in [0.717, 1.165) is 32.2 Å². The summed E-state index contributed by atoms with van der Waals surface area (Å²) in [6.45, 7) is 3.23. The highest BCUT2D eigenvalue weighted by molar-refractivity contribution is 7.89. The van der Waals surface area contributed by atoms with Gasteiger partial charge in [0.15, 0.2) is 5.96 Å². The molecule has 0 aromatic carbocycles. The first-order valence-electron chi connectivity index (χ1n) is 8.64. The van der Waals surface area contributed by atoms with Crippen molar-refractivity contribution in [3.05, 3.63) is 24.5 Å². The lowest BCUT2D eigenvalue weighted by Gasteiger charge is -2.27. The highest BCUT2D eigenvalue weighted by Crippen LogP contribution is 2.18. The Kier molecular flexibility index (Phi) is 7.60. The fraction of sp³-hybridized carbons (Fsp3) is 0.625. The number of aromatic nitrogens is 1. The van der Waals surface area contributed by atoms with Gasteiger partial charge in [0.05, 0.1) is 12.6 Å². The summed E-state index contributed by atoms with van der Waals surface area (Å²) < 4.78 is 26.7. The standard InChI is InChI=1S/C16H27N5O3S/c1-2-18-16(21-13-5-7-14(22)8-6-13)19-10-11-20-25(23,24)15-4-3-9-17-12-15/h3-4,9,12-14,20,22H,2,5-8,10-11H2,1H3,(H2,18,19,21). The molecule has 140 valence electrons. The second-order valence-electron chi connectivity index (χ2n) is 6.00. The summed E-state index contributed by atoms with van der Waals surface area (Å²) >= 11 is 0. The number of hydrogen-bond donors (Lipinski definition) is 4. The van der Waals surface area contributed by atoms with Crippen molar-refractivity contribution in [1.29, 1.82) is 0 Å². The van der Waals surface area contributed by atoms with Crippen LogP contribution in [-0.2, 0) is 10.0 Å². The van der Waals surface area contributed by atoms with Crippen molar-refractivity contribution in [2.24, 2.45) is 4.99 Å². The van der Waals surface area contributed by atoms with Crippen LogP contribution in [0.5, 0.6) is 0 Å². The molecule has 1 saturated carbocycles. The van der Waals surface area contributed by atoms with E-state index in [1.54, 1.807) is 6.07 Å². The van der Waals surface area contributed by atoms with E-state index < -0.39 is 10.0 Å². The molecule has 9 heteroatoms. The molecule has 0 radical (unpaired) electrons. The molecule has 0 saturated heterocycles. The topological polar surface area (TPSA) is 116 Å². The molecule has 1 aromatic heterocycles. The zero-order valence-electron chi connectivity index (χ0n) is 14.5. The van der Waals surface area contributed by atoms with Crippen molar-refractivity contribution in [2.75, 3.05) is 19.6 Å². The molecule has 25 heavy (non-hydrogen) atoms. The number of rotatable bonds is 7. The first kappa shape index (κ1) is 19.6. The lowest BCUT2D eigenvalue weighted by atomic mass is 9.93. The van der Waals surface area contributed by atoms with Crippen LogP contribution < -0.4 is 15.4 Å². The molecule has 0 atom stereocenters. The van der Waals surface area contributed by atoms with E-state index in [-0.39, 0.29) is 23.6 Å². The van der Waals surface area contributed by atoms with Crippen LogP contribution in [0.2, 0.25) is 0 Å². The Morgan fingerprint density at radius 3 is 2.76 bits per heavy atom. The molecular weight excluding hydrogens is 342 g/mol. The number of nitrogens with one attached hydrogen (secondary N) is 3. The van der Waals surface area contributed by atoms with Gasteiger partial charge in [-0.1, -0.05) is 0 Å². The van der Waals surface area contributed by atoms with Crippen LogP contribution in [0.15, 0.2) is 34.4 Å². The highest BCUT2D eigenvalue weighted by Gasteiger charge is 2.20. The molecule has 1 fully saturated rings. The number of aliphatic hydroxyl groups excluding tert-OH is 1. The molecule has 4 N–H and O–H groups in total. The van der Waals surface area contributed by atoms with Crippen LogP contribution in [0.4, 0.5) is 0 Å². The fourth-order valence-corrected chi connectivity index (χ4v) is 3.65. The number of aliphatic hydroxyl groups is 1. The van der Waals surface area contributed by atoms with Crippen LogP contribution in [0.1, 0.15) is 32.6 Å². The minimum absolute atomic E-state index is 0.143. The van der Waals surface area contributed by atoms with Crippen LogP contribution in [0, 0.1) is 0 Å². The monoisotopic (exact) mass is 369 g/mol. The van der Waals surface area contributed by atoms with Gasteiger partial charge in [0, 0.05) is 31.5 Å². The number of aliphatic imine (C=N–C) groups is 1. The van der Waals surface area contributed by atoms with Gasteiger partial charge in [-0.3, -0.25) is 9.98 Å². The van der Waals surface area contributed by atoms with Crippen molar-refractivity contribution in [3.8, 4) is 0 Å². The van der Waals surface area contributed by atoms with Crippen molar-refractivity contribution < 1.29 is 13.5 Å². The quantitative estimate of drug-likeness (QED) is 0.310. The molecule has 0 aliphatic heterocycles. The van der Waals surface area contributed by atoms with E-state index >= 15 is 0 Å². The summed E-state index contributed by atoms with van der Waals surface area (Å²) in [6.07, 6.45) is 6.04. The smallest absolute Gasteiger partial charge is 0.242 e. The number of pyridine rings is 1. The van der Waals surface area contributed by atoms with Crippen LogP contribution in [0.3, 0.4) is 0 Å². The summed E-state index contributed by atoms with van der Waals surface area (Å²) in [5.74, 6) is 0.671. The molecule has 0 unspecified atom stereocenters. The number of guanidine groups is 1. The van der Waals surface area contributed by atoms with E-state index in [2.05, 4.69) is 25.3 Å². The maximum absolute atomic E-state index is 12.1. The van der Waals surface area contributed by atoms with Gasteiger partial charge in [0.25, 0.3) is 0 Å². The molecule has 0 amide bonds. The van der Waals surface area contributed by atoms with E-state index in [1.807, 2.05) is 6.92 Å².